The molecule has 2 aliphatic heterocycles. The van der Waals surface area contributed by atoms with E-state index in [4.69, 9.17) is 21.1 Å². The number of piperidine rings is 1. The number of ether oxygens (including phenoxy) is 2. The summed E-state index contributed by atoms with van der Waals surface area (Å²) in [5.74, 6) is 0.803. The molecular weight excluding hydrogens is 413 g/mol. The van der Waals surface area contributed by atoms with Gasteiger partial charge >= 0.3 is 0 Å². The smallest absolute Gasteiger partial charge is 0.232 e. The number of hydrogen-bond acceptors (Lipinski definition) is 7. The van der Waals surface area contributed by atoms with Crippen LogP contribution in [0.5, 0.6) is 5.88 Å². The van der Waals surface area contributed by atoms with Crippen LogP contribution in [-0.4, -0.2) is 74.8 Å². The highest BCUT2D eigenvalue weighted by Crippen LogP contribution is 2.34. The van der Waals surface area contributed by atoms with Crippen molar-refractivity contribution >= 4 is 34.3 Å². The summed E-state index contributed by atoms with van der Waals surface area (Å²) in [4.78, 5) is 14.1. The molecule has 3 aromatic heterocycles. The van der Waals surface area contributed by atoms with Crippen molar-refractivity contribution in [1.29, 1.82) is 0 Å². The van der Waals surface area contributed by atoms with Crippen LogP contribution in [0.15, 0.2) is 18.5 Å². The van der Waals surface area contributed by atoms with Crippen molar-refractivity contribution in [2.24, 2.45) is 0 Å². The average molecular weight is 436 g/mol. The van der Waals surface area contributed by atoms with E-state index in [0.717, 1.165) is 11.9 Å². The van der Waals surface area contributed by atoms with Crippen LogP contribution in [0, 0.1) is 0 Å². The molecule has 2 N–H and O–H groups in total. The quantitative estimate of drug-likeness (QED) is 0.614. The number of halogens is 2. The molecule has 0 spiro atoms. The molecule has 2 saturated heterocycles. The van der Waals surface area contributed by atoms with E-state index in [2.05, 4.69) is 30.3 Å². The largest absolute Gasteiger partial charge is 0.477 e. The molecule has 0 amide bonds. The van der Waals surface area contributed by atoms with Crippen LogP contribution in [0.25, 0.3) is 11.0 Å². The Kier molecular flexibility index (Phi) is 5.21. The predicted octanol–water partition coefficient (Wildman–Crippen LogP) is 2.93. The van der Waals surface area contributed by atoms with E-state index in [0.29, 0.717) is 67.1 Å². The Morgan fingerprint density at radius 1 is 1.40 bits per heavy atom. The molecule has 2 aliphatic rings. The van der Waals surface area contributed by atoms with Crippen LogP contribution in [0.3, 0.4) is 0 Å². The average Bonchev–Trinajstić information content (AvgIpc) is 3.29. The number of alkyl halides is 1. The van der Waals surface area contributed by atoms with E-state index in [9.17, 15) is 4.39 Å². The first-order valence-electron chi connectivity index (χ1n) is 10.1. The van der Waals surface area contributed by atoms with E-state index >= 15 is 0 Å². The second-order valence-corrected chi connectivity index (χ2v) is 7.86. The number of nitrogens with one attached hydrogen (secondary N) is 2. The first-order chi connectivity index (χ1) is 14.6. The zero-order valence-electron chi connectivity index (χ0n) is 16.5. The highest BCUT2D eigenvalue weighted by molar-refractivity contribution is 6.32. The zero-order valence-corrected chi connectivity index (χ0v) is 17.3. The number of nitrogens with zero attached hydrogens (tertiary/aromatic N) is 5. The standard InChI is InChI=1S/C19H23ClFN7O2/c1-2-30-18-12-3-5-22-17(12)25-19(26-18)24-14-7-23-28(16(14)20)15-4-6-27(8-13(15)21)11-9-29-10-11/h3,5,7,11,13,15H,2,4,6,8-10H2,1H3,(H2,22,24,25,26)/t13-,15-/m1/s1. The number of likely N-dealkylation sites (tertiary alicyclic amines) is 1. The van der Waals surface area contributed by atoms with Crippen LogP contribution >= 0.6 is 11.6 Å². The number of hydrogen-bond donors (Lipinski definition) is 2. The van der Waals surface area contributed by atoms with E-state index in [1.54, 1.807) is 17.1 Å². The lowest BCUT2D eigenvalue weighted by atomic mass is 10.0. The second kappa shape index (κ2) is 8.01. The lowest BCUT2D eigenvalue weighted by Gasteiger charge is -2.42. The van der Waals surface area contributed by atoms with Gasteiger partial charge in [-0.2, -0.15) is 15.1 Å². The maximum atomic E-state index is 14.9. The number of aromatic nitrogens is 5. The Bertz CT molecular complexity index is 1040. The Balaban J connectivity index is 1.34. The fourth-order valence-electron chi connectivity index (χ4n) is 3.96. The third-order valence-corrected chi connectivity index (χ3v) is 6.01. The van der Waals surface area contributed by atoms with Crippen LogP contribution < -0.4 is 10.1 Å². The van der Waals surface area contributed by atoms with Gasteiger partial charge in [-0.1, -0.05) is 11.6 Å². The zero-order chi connectivity index (χ0) is 20.7. The Hall–Kier alpha value is -2.43. The minimum Gasteiger partial charge on any atom is -0.477 e. The second-order valence-electron chi connectivity index (χ2n) is 7.50. The molecule has 5 heterocycles. The molecule has 11 heteroatoms. The molecule has 160 valence electrons. The lowest BCUT2D eigenvalue weighted by molar-refractivity contribution is -0.0847. The van der Waals surface area contributed by atoms with Crippen LogP contribution in [0.1, 0.15) is 19.4 Å². The number of aromatic amines is 1. The summed E-state index contributed by atoms with van der Waals surface area (Å²) in [5, 5.41) is 8.56. The first-order valence-corrected chi connectivity index (χ1v) is 10.5. The van der Waals surface area contributed by atoms with Crippen molar-refractivity contribution in [2.75, 3.05) is 38.2 Å². The van der Waals surface area contributed by atoms with Crippen LogP contribution in [0.4, 0.5) is 16.0 Å². The number of fused-ring (bicyclic) bond motifs is 1. The van der Waals surface area contributed by atoms with Gasteiger partial charge in [0.05, 0.1) is 49.2 Å². The maximum absolute atomic E-state index is 14.9. The van der Waals surface area contributed by atoms with Crippen molar-refractivity contribution in [3.8, 4) is 5.88 Å². The first kappa shape index (κ1) is 19.5. The molecule has 5 rings (SSSR count). The van der Waals surface area contributed by atoms with Gasteiger partial charge < -0.3 is 19.8 Å². The summed E-state index contributed by atoms with van der Waals surface area (Å²) in [5.41, 5.74) is 1.17. The minimum absolute atomic E-state index is 0.325. The Labute approximate surface area is 177 Å². The van der Waals surface area contributed by atoms with E-state index in [1.165, 1.54) is 0 Å². The van der Waals surface area contributed by atoms with Crippen LogP contribution in [-0.2, 0) is 4.74 Å². The van der Waals surface area contributed by atoms with Gasteiger partial charge in [-0.3, -0.25) is 4.90 Å². The molecule has 0 aromatic carbocycles. The summed E-state index contributed by atoms with van der Waals surface area (Å²) >= 11 is 6.55. The highest BCUT2D eigenvalue weighted by atomic mass is 35.5. The fourth-order valence-corrected chi connectivity index (χ4v) is 4.22. The predicted molar refractivity (Wildman–Crippen MR) is 110 cm³/mol. The Morgan fingerprint density at radius 2 is 2.27 bits per heavy atom. The van der Waals surface area contributed by atoms with E-state index in [1.807, 2.05) is 13.0 Å². The van der Waals surface area contributed by atoms with Gasteiger partial charge in [0.25, 0.3) is 0 Å². The molecule has 0 aliphatic carbocycles. The van der Waals surface area contributed by atoms with E-state index in [-0.39, 0.29) is 0 Å². The van der Waals surface area contributed by atoms with Crippen molar-refractivity contribution in [3.63, 3.8) is 0 Å². The fraction of sp³-hybridized carbons (Fsp3) is 0.526. The molecule has 30 heavy (non-hydrogen) atoms. The van der Waals surface area contributed by atoms with Gasteiger partial charge in [-0.15, -0.1) is 0 Å². The van der Waals surface area contributed by atoms with Gasteiger partial charge in [0, 0.05) is 19.3 Å². The summed E-state index contributed by atoms with van der Waals surface area (Å²) in [7, 11) is 0. The molecule has 2 fully saturated rings. The monoisotopic (exact) mass is 435 g/mol. The summed E-state index contributed by atoms with van der Waals surface area (Å²) in [6.07, 6.45) is 2.93. The number of rotatable bonds is 6. The maximum Gasteiger partial charge on any atom is 0.232 e. The van der Waals surface area contributed by atoms with Crippen molar-refractivity contribution < 1.29 is 13.9 Å². The number of H-pyrrole nitrogens is 1. The van der Waals surface area contributed by atoms with Gasteiger partial charge in [0.1, 0.15) is 11.8 Å². The third kappa shape index (κ3) is 3.48. The molecular formula is C19H23ClFN7O2. The highest BCUT2D eigenvalue weighted by Gasteiger charge is 2.37. The lowest BCUT2D eigenvalue weighted by Crippen LogP contribution is -2.55. The molecule has 0 saturated carbocycles. The van der Waals surface area contributed by atoms with Gasteiger partial charge in [-0.05, 0) is 19.4 Å². The minimum atomic E-state index is -1.05. The topological polar surface area (TPSA) is 93.1 Å². The third-order valence-electron chi connectivity index (χ3n) is 5.63. The Morgan fingerprint density at radius 3 is 3.00 bits per heavy atom. The summed E-state index contributed by atoms with van der Waals surface area (Å²) in [6, 6.07) is 1.78. The van der Waals surface area contributed by atoms with Crippen LogP contribution in [0.2, 0.25) is 5.15 Å². The van der Waals surface area contributed by atoms with Gasteiger partial charge in [-0.25, -0.2) is 9.07 Å². The number of anilines is 2. The summed E-state index contributed by atoms with van der Waals surface area (Å²) in [6.45, 7) is 4.90. The summed E-state index contributed by atoms with van der Waals surface area (Å²) < 4.78 is 27.3. The van der Waals surface area contributed by atoms with Gasteiger partial charge in [0.15, 0.2) is 5.15 Å². The van der Waals surface area contributed by atoms with Crippen molar-refractivity contribution in [3.05, 3.63) is 23.6 Å². The molecule has 0 bridgehead atoms. The molecule has 0 radical (unpaired) electrons. The van der Waals surface area contributed by atoms with E-state index < -0.39 is 12.2 Å². The van der Waals surface area contributed by atoms with Gasteiger partial charge in [0.2, 0.25) is 11.8 Å². The van der Waals surface area contributed by atoms with Crippen molar-refractivity contribution in [1.82, 2.24) is 29.6 Å². The normalized spacial score (nSPS) is 22.9. The molecule has 0 unspecified atom stereocenters. The molecule has 2 atom stereocenters. The SMILES string of the molecule is CCOc1nc(Nc2cnn([C@@H]3CCN(C4COC4)C[C@H]3F)c2Cl)nc2[nH]ccc12. The molecule has 9 nitrogen and oxygen atoms in total. The van der Waals surface area contributed by atoms with Crippen molar-refractivity contribution in [2.45, 2.75) is 31.6 Å². The molecule has 3 aromatic rings.